The summed E-state index contributed by atoms with van der Waals surface area (Å²) in [7, 11) is 0. The normalized spacial score (nSPS) is 25.3. The van der Waals surface area contributed by atoms with Gasteiger partial charge in [0.1, 0.15) is 11.4 Å². The van der Waals surface area contributed by atoms with Gasteiger partial charge in [-0.1, -0.05) is 13.3 Å². The van der Waals surface area contributed by atoms with Gasteiger partial charge in [-0.05, 0) is 38.5 Å². The Morgan fingerprint density at radius 3 is 2.57 bits per heavy atom. The third kappa shape index (κ3) is 3.69. The number of amides is 2. The molecule has 2 rings (SSSR count). The molecule has 0 radical (unpaired) electrons. The first-order chi connectivity index (χ1) is 9.95. The maximum atomic E-state index is 12.0. The lowest BCUT2D eigenvalue weighted by Crippen LogP contribution is -2.57. The molecule has 116 valence electrons. The third-order valence-corrected chi connectivity index (χ3v) is 4.77. The summed E-state index contributed by atoms with van der Waals surface area (Å²) in [6.45, 7) is 3.83. The van der Waals surface area contributed by atoms with Crippen molar-refractivity contribution < 1.29 is 14.7 Å². The Balaban J connectivity index is 2.00. The minimum Gasteiger partial charge on any atom is -0.480 e. The summed E-state index contributed by atoms with van der Waals surface area (Å²) < 4.78 is 3.96. The van der Waals surface area contributed by atoms with Crippen LogP contribution in [0, 0.1) is 12.8 Å². The number of hydrogen-bond acceptors (Lipinski definition) is 5. The molecule has 0 saturated heterocycles. The molecule has 1 aliphatic carbocycles. The minimum absolute atomic E-state index is 0.368. The van der Waals surface area contributed by atoms with Crippen LogP contribution in [0.2, 0.25) is 0 Å². The maximum absolute atomic E-state index is 12.0. The van der Waals surface area contributed by atoms with Crippen molar-refractivity contribution in [2.75, 3.05) is 5.32 Å². The molecule has 0 bridgehead atoms. The van der Waals surface area contributed by atoms with E-state index >= 15 is 0 Å². The largest absolute Gasteiger partial charge is 0.480 e. The predicted molar refractivity (Wildman–Crippen MR) is 79.4 cm³/mol. The molecule has 1 aromatic heterocycles. The molecule has 1 aromatic rings. The molecule has 0 unspecified atom stereocenters. The Morgan fingerprint density at radius 1 is 1.43 bits per heavy atom. The van der Waals surface area contributed by atoms with Crippen molar-refractivity contribution in [1.29, 1.82) is 0 Å². The maximum Gasteiger partial charge on any atom is 0.329 e. The molecule has 0 aliphatic heterocycles. The Kier molecular flexibility index (Phi) is 4.76. The molecule has 1 saturated carbocycles. The fraction of sp³-hybridized carbons (Fsp3) is 0.692. The van der Waals surface area contributed by atoms with Crippen molar-refractivity contribution in [3.63, 3.8) is 0 Å². The van der Waals surface area contributed by atoms with E-state index in [0.29, 0.717) is 29.7 Å². The van der Waals surface area contributed by atoms with Crippen LogP contribution in [0.25, 0.3) is 0 Å². The number of carbonyl (C=O) groups excluding carboxylic acids is 1. The van der Waals surface area contributed by atoms with Crippen LogP contribution in [-0.4, -0.2) is 32.0 Å². The fourth-order valence-electron chi connectivity index (χ4n) is 2.66. The second-order valence-corrected chi connectivity index (χ2v) is 6.22. The zero-order valence-electron chi connectivity index (χ0n) is 12.2. The smallest absolute Gasteiger partial charge is 0.329 e. The van der Waals surface area contributed by atoms with Gasteiger partial charge in [-0.3, -0.25) is 5.32 Å². The first-order valence-electron chi connectivity index (χ1n) is 7.08. The Labute approximate surface area is 127 Å². The molecular formula is C13H20N4O3S. The highest BCUT2D eigenvalue weighted by Gasteiger charge is 2.43. The zero-order chi connectivity index (χ0) is 15.5. The van der Waals surface area contributed by atoms with Crippen molar-refractivity contribution in [2.45, 2.75) is 51.5 Å². The minimum atomic E-state index is -1.17. The zero-order valence-corrected chi connectivity index (χ0v) is 13.0. The fourth-order valence-corrected chi connectivity index (χ4v) is 3.24. The molecule has 0 spiro atoms. The average molecular weight is 312 g/mol. The molecule has 0 atom stereocenters. The van der Waals surface area contributed by atoms with Crippen LogP contribution >= 0.6 is 11.5 Å². The van der Waals surface area contributed by atoms with E-state index in [9.17, 15) is 14.7 Å². The summed E-state index contributed by atoms with van der Waals surface area (Å²) in [5.41, 5.74) is -1.17. The Bertz CT molecular complexity index is 523. The number of carbonyl (C=O) groups is 2. The molecule has 0 aromatic carbocycles. The Hall–Kier alpha value is -1.70. The van der Waals surface area contributed by atoms with Gasteiger partial charge in [0, 0.05) is 11.5 Å². The van der Waals surface area contributed by atoms with Crippen molar-refractivity contribution in [3.05, 3.63) is 5.82 Å². The lowest BCUT2D eigenvalue weighted by atomic mass is 9.75. The summed E-state index contributed by atoms with van der Waals surface area (Å²) in [5.74, 6) is 0.153. The predicted octanol–water partition coefficient (Wildman–Crippen LogP) is 2.39. The third-order valence-electron chi connectivity index (χ3n) is 4.05. The van der Waals surface area contributed by atoms with Gasteiger partial charge >= 0.3 is 12.0 Å². The molecule has 7 nitrogen and oxygen atoms in total. The lowest BCUT2D eigenvalue weighted by molar-refractivity contribution is -0.146. The highest BCUT2D eigenvalue weighted by atomic mass is 32.1. The van der Waals surface area contributed by atoms with Crippen LogP contribution in [0.4, 0.5) is 9.93 Å². The summed E-state index contributed by atoms with van der Waals surface area (Å²) >= 11 is 1.07. The van der Waals surface area contributed by atoms with Crippen molar-refractivity contribution in [3.8, 4) is 0 Å². The van der Waals surface area contributed by atoms with Gasteiger partial charge in [-0.15, -0.1) is 0 Å². The summed E-state index contributed by atoms with van der Waals surface area (Å²) in [6, 6.07) is -0.538. The number of nitrogens with zero attached hydrogens (tertiary/aromatic N) is 2. The molecule has 2 amide bonds. The second-order valence-electron chi connectivity index (χ2n) is 5.46. The van der Waals surface area contributed by atoms with E-state index in [1.165, 1.54) is 0 Å². The standard InChI is InChI=1S/C13H20N4O3S/c1-3-9-4-6-13(7-5-9,10(18)19)16-11(20)15-12-14-8(2)17-21-12/h9H,3-7H2,1-2H3,(H,18,19)(H2,14,15,16,17,20). The number of aromatic nitrogens is 2. The SMILES string of the molecule is CCC1CCC(NC(=O)Nc2nc(C)ns2)(C(=O)O)CC1. The number of hydrogen-bond donors (Lipinski definition) is 3. The average Bonchev–Trinajstić information content (AvgIpc) is 2.84. The number of urea groups is 1. The van der Waals surface area contributed by atoms with Crippen LogP contribution in [-0.2, 0) is 4.79 Å². The van der Waals surface area contributed by atoms with E-state index in [2.05, 4.69) is 26.9 Å². The molecule has 8 heteroatoms. The van der Waals surface area contributed by atoms with Crippen LogP contribution in [0.5, 0.6) is 0 Å². The van der Waals surface area contributed by atoms with Crippen LogP contribution in [0.15, 0.2) is 0 Å². The van der Waals surface area contributed by atoms with E-state index in [-0.39, 0.29) is 0 Å². The molecule has 1 heterocycles. The molecule has 21 heavy (non-hydrogen) atoms. The van der Waals surface area contributed by atoms with Crippen LogP contribution < -0.4 is 10.6 Å². The van der Waals surface area contributed by atoms with Crippen LogP contribution in [0.1, 0.15) is 44.9 Å². The van der Waals surface area contributed by atoms with E-state index in [0.717, 1.165) is 30.8 Å². The second kappa shape index (κ2) is 6.38. The van der Waals surface area contributed by atoms with Crippen molar-refractivity contribution >= 4 is 28.7 Å². The highest BCUT2D eigenvalue weighted by molar-refractivity contribution is 7.09. The van der Waals surface area contributed by atoms with Gasteiger partial charge in [0.25, 0.3) is 0 Å². The number of rotatable bonds is 4. The van der Waals surface area contributed by atoms with Gasteiger partial charge in [0.15, 0.2) is 0 Å². The number of anilines is 1. The molecular weight excluding hydrogens is 292 g/mol. The number of carboxylic acids is 1. The van der Waals surface area contributed by atoms with E-state index in [1.807, 2.05) is 0 Å². The highest BCUT2D eigenvalue weighted by Crippen LogP contribution is 2.34. The monoisotopic (exact) mass is 312 g/mol. The summed E-state index contributed by atoms with van der Waals surface area (Å²) in [5, 5.41) is 15.0. The lowest BCUT2D eigenvalue weighted by Gasteiger charge is -2.37. The van der Waals surface area contributed by atoms with Gasteiger partial charge in [-0.25, -0.2) is 14.6 Å². The first-order valence-corrected chi connectivity index (χ1v) is 7.85. The first kappa shape index (κ1) is 15.7. The van der Waals surface area contributed by atoms with Gasteiger partial charge in [-0.2, -0.15) is 4.37 Å². The number of aryl methyl sites for hydroxylation is 1. The van der Waals surface area contributed by atoms with Gasteiger partial charge < -0.3 is 10.4 Å². The van der Waals surface area contributed by atoms with Gasteiger partial charge in [0.2, 0.25) is 5.13 Å². The number of nitrogens with one attached hydrogen (secondary N) is 2. The Morgan fingerprint density at radius 2 is 2.10 bits per heavy atom. The molecule has 1 fully saturated rings. The van der Waals surface area contributed by atoms with E-state index in [1.54, 1.807) is 6.92 Å². The quantitative estimate of drug-likeness (QED) is 0.792. The summed E-state index contributed by atoms with van der Waals surface area (Å²) in [6.07, 6.45) is 3.61. The summed E-state index contributed by atoms with van der Waals surface area (Å²) in [4.78, 5) is 27.6. The van der Waals surface area contributed by atoms with Crippen LogP contribution in [0.3, 0.4) is 0 Å². The topological polar surface area (TPSA) is 104 Å². The number of carboxylic acid groups (broad SMARTS) is 1. The molecule has 1 aliphatic rings. The van der Waals surface area contributed by atoms with E-state index < -0.39 is 17.5 Å². The van der Waals surface area contributed by atoms with Crippen molar-refractivity contribution in [1.82, 2.24) is 14.7 Å². The van der Waals surface area contributed by atoms with Crippen molar-refractivity contribution in [2.24, 2.45) is 5.92 Å². The molecule has 3 N–H and O–H groups in total. The number of aliphatic carboxylic acids is 1. The van der Waals surface area contributed by atoms with E-state index in [4.69, 9.17) is 0 Å². The van der Waals surface area contributed by atoms with Gasteiger partial charge in [0.05, 0.1) is 0 Å².